The molecule has 0 aliphatic rings. The van der Waals surface area contributed by atoms with E-state index in [9.17, 15) is 18.4 Å². The largest absolute Gasteiger partial charge is 0.368 e. The molecule has 0 spiro atoms. The Morgan fingerprint density at radius 2 is 1.70 bits per heavy atom. The minimum absolute atomic E-state index is 0.00899. The van der Waals surface area contributed by atoms with E-state index in [0.29, 0.717) is 6.07 Å². The van der Waals surface area contributed by atoms with Crippen LogP contribution in [0.2, 0.25) is 0 Å². The molecule has 4 nitrogen and oxygen atoms in total. The molecule has 0 fully saturated rings. The summed E-state index contributed by atoms with van der Waals surface area (Å²) in [4.78, 5) is 23.9. The molecule has 0 heterocycles. The summed E-state index contributed by atoms with van der Waals surface area (Å²) in [5.74, 6) is -2.76. The third-order valence-corrected chi connectivity index (χ3v) is 4.30. The molecule has 2 amide bonds. The normalized spacial score (nSPS) is 12.5. The quantitative estimate of drug-likeness (QED) is 0.816. The fourth-order valence-corrected chi connectivity index (χ4v) is 2.68. The van der Waals surface area contributed by atoms with Crippen molar-refractivity contribution in [2.45, 2.75) is 45.1 Å². The Labute approximate surface area is 157 Å². The number of benzene rings is 2. The van der Waals surface area contributed by atoms with Crippen molar-refractivity contribution in [2.24, 2.45) is 5.73 Å². The first-order chi connectivity index (χ1) is 12.6. The molecule has 144 valence electrons. The number of halogens is 2. The molecule has 0 radical (unpaired) electrons. The third-order valence-electron chi connectivity index (χ3n) is 4.30. The molecule has 0 bridgehead atoms. The SMILES string of the molecule is CC(C)(C)c1ccc(C[C@@H](NC(=O)Cc2ccc(F)cc2F)C(N)=O)cc1. The number of hydrogen-bond donors (Lipinski definition) is 2. The number of primary amides is 1. The maximum absolute atomic E-state index is 13.7. The van der Waals surface area contributed by atoms with Crippen LogP contribution in [0.1, 0.15) is 37.5 Å². The summed E-state index contributed by atoms with van der Waals surface area (Å²) in [6.45, 7) is 6.30. The third kappa shape index (κ3) is 5.88. The van der Waals surface area contributed by atoms with Gasteiger partial charge in [0.1, 0.15) is 17.7 Å². The second-order valence-corrected chi connectivity index (χ2v) is 7.59. The smallest absolute Gasteiger partial charge is 0.240 e. The number of rotatable bonds is 6. The first kappa shape index (κ1) is 20.6. The molecule has 0 aliphatic heterocycles. The highest BCUT2D eigenvalue weighted by Gasteiger charge is 2.20. The van der Waals surface area contributed by atoms with Crippen LogP contribution in [0.25, 0.3) is 0 Å². The fraction of sp³-hybridized carbons (Fsp3) is 0.333. The average molecular weight is 374 g/mol. The number of carbonyl (C=O) groups excluding carboxylic acids is 2. The zero-order chi connectivity index (χ0) is 20.2. The monoisotopic (exact) mass is 374 g/mol. The van der Waals surface area contributed by atoms with E-state index in [2.05, 4.69) is 26.1 Å². The van der Waals surface area contributed by atoms with E-state index in [4.69, 9.17) is 5.73 Å². The van der Waals surface area contributed by atoms with E-state index in [-0.39, 0.29) is 23.8 Å². The van der Waals surface area contributed by atoms with Gasteiger partial charge in [-0.3, -0.25) is 9.59 Å². The number of hydrogen-bond acceptors (Lipinski definition) is 2. The van der Waals surface area contributed by atoms with Gasteiger partial charge in [0.25, 0.3) is 0 Å². The average Bonchev–Trinajstić information content (AvgIpc) is 2.56. The van der Waals surface area contributed by atoms with Crippen LogP contribution >= 0.6 is 0 Å². The van der Waals surface area contributed by atoms with Gasteiger partial charge in [-0.15, -0.1) is 0 Å². The summed E-state index contributed by atoms with van der Waals surface area (Å²) in [6, 6.07) is 9.81. The summed E-state index contributed by atoms with van der Waals surface area (Å²) in [5, 5.41) is 2.53. The highest BCUT2D eigenvalue weighted by molar-refractivity contribution is 5.87. The summed E-state index contributed by atoms with van der Waals surface area (Å²) < 4.78 is 26.6. The molecule has 0 aliphatic carbocycles. The molecule has 2 aromatic carbocycles. The first-order valence-electron chi connectivity index (χ1n) is 8.68. The lowest BCUT2D eigenvalue weighted by atomic mass is 9.86. The van der Waals surface area contributed by atoms with E-state index < -0.39 is 29.5 Å². The van der Waals surface area contributed by atoms with Gasteiger partial charge in [-0.25, -0.2) is 8.78 Å². The maximum Gasteiger partial charge on any atom is 0.240 e. The Balaban J connectivity index is 2.04. The van der Waals surface area contributed by atoms with E-state index >= 15 is 0 Å². The van der Waals surface area contributed by atoms with Crippen molar-refractivity contribution in [1.82, 2.24) is 5.32 Å². The summed E-state index contributed by atoms with van der Waals surface area (Å²) in [7, 11) is 0. The van der Waals surface area contributed by atoms with E-state index in [1.807, 2.05) is 24.3 Å². The summed E-state index contributed by atoms with van der Waals surface area (Å²) in [5.41, 5.74) is 7.45. The predicted molar refractivity (Wildman–Crippen MR) is 100 cm³/mol. The van der Waals surface area contributed by atoms with Crippen LogP contribution in [0, 0.1) is 11.6 Å². The Bertz CT molecular complexity index is 827. The van der Waals surface area contributed by atoms with E-state index in [0.717, 1.165) is 17.2 Å². The van der Waals surface area contributed by atoms with Gasteiger partial charge in [0.05, 0.1) is 6.42 Å². The lowest BCUT2D eigenvalue weighted by Gasteiger charge is -2.20. The highest BCUT2D eigenvalue weighted by Crippen LogP contribution is 2.22. The predicted octanol–water partition coefficient (Wildman–Crippen LogP) is 3.02. The van der Waals surface area contributed by atoms with E-state index in [1.54, 1.807) is 0 Å². The Morgan fingerprint density at radius 3 is 2.22 bits per heavy atom. The molecule has 3 N–H and O–H groups in total. The number of nitrogens with one attached hydrogen (secondary N) is 1. The molecule has 0 unspecified atom stereocenters. The van der Waals surface area contributed by atoms with Gasteiger partial charge in [-0.1, -0.05) is 51.1 Å². The van der Waals surface area contributed by atoms with Gasteiger partial charge in [-0.2, -0.15) is 0 Å². The molecule has 6 heteroatoms. The zero-order valence-electron chi connectivity index (χ0n) is 15.7. The lowest BCUT2D eigenvalue weighted by Crippen LogP contribution is -2.46. The first-order valence-corrected chi connectivity index (χ1v) is 8.68. The molecular formula is C21H24F2N2O2. The fourth-order valence-electron chi connectivity index (χ4n) is 2.68. The van der Waals surface area contributed by atoms with E-state index in [1.165, 1.54) is 6.07 Å². The van der Waals surface area contributed by atoms with Crippen LogP contribution in [0.5, 0.6) is 0 Å². The maximum atomic E-state index is 13.7. The van der Waals surface area contributed by atoms with Crippen molar-refractivity contribution < 1.29 is 18.4 Å². The molecular weight excluding hydrogens is 350 g/mol. The Kier molecular flexibility index (Phi) is 6.31. The van der Waals surface area contributed by atoms with Crippen molar-refractivity contribution >= 4 is 11.8 Å². The minimum Gasteiger partial charge on any atom is -0.368 e. The second-order valence-electron chi connectivity index (χ2n) is 7.59. The van der Waals surface area contributed by atoms with Gasteiger partial charge in [0, 0.05) is 12.5 Å². The van der Waals surface area contributed by atoms with Crippen molar-refractivity contribution in [3.8, 4) is 0 Å². The van der Waals surface area contributed by atoms with Gasteiger partial charge in [0.2, 0.25) is 11.8 Å². The summed E-state index contributed by atoms with van der Waals surface area (Å²) in [6.07, 6.45) is -0.0732. The molecule has 2 aromatic rings. The number of amides is 2. The zero-order valence-corrected chi connectivity index (χ0v) is 15.7. The molecule has 27 heavy (non-hydrogen) atoms. The van der Waals surface area contributed by atoms with Crippen LogP contribution in [0.15, 0.2) is 42.5 Å². The standard InChI is InChI=1S/C21H24F2N2O2/c1-21(2,3)15-7-4-13(5-8-15)10-18(20(24)27)25-19(26)11-14-6-9-16(22)12-17(14)23/h4-9,12,18H,10-11H2,1-3H3,(H2,24,27)(H,25,26)/t18-/m1/s1. The molecule has 1 atom stereocenters. The molecule has 0 saturated carbocycles. The van der Waals surface area contributed by atoms with Crippen LogP contribution in [-0.2, 0) is 27.8 Å². The van der Waals surface area contributed by atoms with Gasteiger partial charge in [0.15, 0.2) is 0 Å². The van der Waals surface area contributed by atoms with Gasteiger partial charge in [-0.05, 0) is 28.2 Å². The number of nitrogens with two attached hydrogens (primary N) is 1. The van der Waals surface area contributed by atoms with Crippen LogP contribution in [0.4, 0.5) is 8.78 Å². The van der Waals surface area contributed by atoms with Crippen molar-refractivity contribution in [2.75, 3.05) is 0 Å². The van der Waals surface area contributed by atoms with Gasteiger partial charge < -0.3 is 11.1 Å². The highest BCUT2D eigenvalue weighted by atomic mass is 19.1. The van der Waals surface area contributed by atoms with Crippen LogP contribution < -0.4 is 11.1 Å². The van der Waals surface area contributed by atoms with Crippen LogP contribution in [0.3, 0.4) is 0 Å². The van der Waals surface area contributed by atoms with Crippen molar-refractivity contribution in [3.63, 3.8) is 0 Å². The number of carbonyl (C=O) groups is 2. The van der Waals surface area contributed by atoms with Crippen molar-refractivity contribution in [1.29, 1.82) is 0 Å². The topological polar surface area (TPSA) is 72.2 Å². The molecule has 0 saturated heterocycles. The lowest BCUT2D eigenvalue weighted by molar-refractivity contribution is -0.127. The Hall–Kier alpha value is -2.76. The molecule has 0 aromatic heterocycles. The van der Waals surface area contributed by atoms with Gasteiger partial charge >= 0.3 is 0 Å². The Morgan fingerprint density at radius 1 is 1.07 bits per heavy atom. The molecule has 2 rings (SSSR count). The summed E-state index contributed by atoms with van der Waals surface area (Å²) >= 11 is 0. The van der Waals surface area contributed by atoms with Crippen molar-refractivity contribution in [3.05, 3.63) is 70.8 Å². The second kappa shape index (κ2) is 8.29. The van der Waals surface area contributed by atoms with Crippen LogP contribution in [-0.4, -0.2) is 17.9 Å². The minimum atomic E-state index is -0.915.